The van der Waals surface area contributed by atoms with Crippen LogP contribution in [-0.4, -0.2) is 45.4 Å². The number of hydrogen-bond donors (Lipinski definition) is 2. The van der Waals surface area contributed by atoms with Crippen LogP contribution in [0.4, 0.5) is 5.69 Å². The van der Waals surface area contributed by atoms with Gasteiger partial charge in [-0.3, -0.25) is 9.52 Å². The zero-order valence-electron chi connectivity index (χ0n) is 18.6. The van der Waals surface area contributed by atoms with E-state index in [-0.39, 0.29) is 16.8 Å². The first-order chi connectivity index (χ1) is 14.8. The molecule has 2 aromatic carbocycles. The number of carbonyl (C=O) groups excluding carboxylic acids is 1. The Labute approximate surface area is 186 Å². The maximum atomic E-state index is 13.0. The van der Waals surface area contributed by atoms with Crippen molar-refractivity contribution in [2.45, 2.75) is 56.9 Å². The summed E-state index contributed by atoms with van der Waals surface area (Å²) in [6.45, 7) is 5.77. The lowest BCUT2D eigenvalue weighted by Crippen LogP contribution is -2.43. The molecule has 168 valence electrons. The number of piperidine rings is 1. The van der Waals surface area contributed by atoms with Gasteiger partial charge in [-0.15, -0.1) is 0 Å². The highest BCUT2D eigenvalue weighted by Gasteiger charge is 2.22. The van der Waals surface area contributed by atoms with Crippen LogP contribution in [0.15, 0.2) is 47.4 Å². The molecule has 7 heteroatoms. The Morgan fingerprint density at radius 3 is 2.42 bits per heavy atom. The first-order valence-electron chi connectivity index (χ1n) is 11.0. The molecule has 1 fully saturated rings. The fourth-order valence-corrected chi connectivity index (χ4v) is 5.11. The molecule has 0 radical (unpaired) electrons. The molecular weight excluding hydrogens is 410 g/mol. The van der Waals surface area contributed by atoms with Crippen LogP contribution in [0.3, 0.4) is 0 Å². The minimum atomic E-state index is -3.81. The number of sulfonamides is 1. The molecule has 2 N–H and O–H groups in total. The Balaban J connectivity index is 1.72. The summed E-state index contributed by atoms with van der Waals surface area (Å²) < 4.78 is 28.7. The minimum absolute atomic E-state index is 0.120. The van der Waals surface area contributed by atoms with Gasteiger partial charge >= 0.3 is 0 Å². The monoisotopic (exact) mass is 443 g/mol. The molecular formula is C24H33N3O3S. The van der Waals surface area contributed by atoms with E-state index in [9.17, 15) is 13.2 Å². The number of hydrogen-bond acceptors (Lipinski definition) is 4. The third-order valence-corrected chi connectivity index (χ3v) is 7.34. The highest BCUT2D eigenvalue weighted by atomic mass is 32.2. The molecule has 1 saturated heterocycles. The second-order valence-electron chi connectivity index (χ2n) is 8.44. The number of nitrogens with zero attached hydrogens (tertiary/aromatic N) is 1. The fourth-order valence-electron chi connectivity index (χ4n) is 3.78. The first-order valence-corrected chi connectivity index (χ1v) is 12.5. The van der Waals surface area contributed by atoms with Crippen LogP contribution in [0.25, 0.3) is 0 Å². The van der Waals surface area contributed by atoms with Crippen LogP contribution in [0.2, 0.25) is 0 Å². The molecule has 0 spiro atoms. The number of unbranched alkanes of at least 4 members (excludes halogenated alkanes) is 1. The average molecular weight is 444 g/mol. The van der Waals surface area contributed by atoms with Gasteiger partial charge < -0.3 is 10.2 Å². The summed E-state index contributed by atoms with van der Waals surface area (Å²) in [5.74, 6) is -0.230. The molecule has 0 aromatic heterocycles. The molecule has 1 amide bonds. The number of carbonyl (C=O) groups is 1. The SMILES string of the molecule is CCCCc1ccc(NS(=O)(=O)c2cc(C(=O)NC3CCN(C)CC3)ccc2C)cc1. The molecule has 1 heterocycles. The zero-order valence-corrected chi connectivity index (χ0v) is 19.5. The summed E-state index contributed by atoms with van der Waals surface area (Å²) in [5.41, 5.74) is 2.66. The predicted octanol–water partition coefficient (Wildman–Crippen LogP) is 3.96. The summed E-state index contributed by atoms with van der Waals surface area (Å²) in [6, 6.07) is 12.4. The van der Waals surface area contributed by atoms with Crippen LogP contribution in [-0.2, 0) is 16.4 Å². The van der Waals surface area contributed by atoms with Gasteiger partial charge in [0.2, 0.25) is 0 Å². The lowest BCUT2D eigenvalue weighted by molar-refractivity contribution is 0.0916. The van der Waals surface area contributed by atoms with E-state index in [4.69, 9.17) is 0 Å². The zero-order chi connectivity index (χ0) is 22.4. The normalized spacial score (nSPS) is 15.6. The molecule has 0 atom stereocenters. The average Bonchev–Trinajstić information content (AvgIpc) is 2.74. The van der Waals surface area contributed by atoms with Crippen molar-refractivity contribution in [2.24, 2.45) is 0 Å². The third kappa shape index (κ3) is 6.31. The van der Waals surface area contributed by atoms with Gasteiger partial charge in [-0.05, 0) is 88.1 Å². The lowest BCUT2D eigenvalue weighted by atomic mass is 10.0. The highest BCUT2D eigenvalue weighted by molar-refractivity contribution is 7.92. The Hall–Kier alpha value is -2.38. The van der Waals surface area contributed by atoms with Gasteiger partial charge in [0.15, 0.2) is 0 Å². The van der Waals surface area contributed by atoms with Crippen molar-refractivity contribution in [2.75, 3.05) is 24.9 Å². The third-order valence-electron chi connectivity index (χ3n) is 5.82. The van der Waals surface area contributed by atoms with Gasteiger partial charge in [-0.1, -0.05) is 31.5 Å². The number of nitrogens with one attached hydrogen (secondary N) is 2. The van der Waals surface area contributed by atoms with Crippen molar-refractivity contribution in [3.05, 3.63) is 59.2 Å². The topological polar surface area (TPSA) is 78.5 Å². The number of anilines is 1. The smallest absolute Gasteiger partial charge is 0.262 e. The van der Waals surface area contributed by atoms with Gasteiger partial charge in [0, 0.05) is 17.3 Å². The van der Waals surface area contributed by atoms with Gasteiger partial charge in [0.05, 0.1) is 4.90 Å². The summed E-state index contributed by atoms with van der Waals surface area (Å²) in [6.07, 6.45) is 5.01. The minimum Gasteiger partial charge on any atom is -0.349 e. The van der Waals surface area contributed by atoms with Gasteiger partial charge in [0.1, 0.15) is 0 Å². The number of likely N-dealkylation sites (tertiary alicyclic amines) is 1. The van der Waals surface area contributed by atoms with E-state index < -0.39 is 10.0 Å². The second-order valence-corrected chi connectivity index (χ2v) is 10.1. The van der Waals surface area contributed by atoms with E-state index >= 15 is 0 Å². The van der Waals surface area contributed by atoms with E-state index in [0.29, 0.717) is 16.8 Å². The Morgan fingerprint density at radius 1 is 1.10 bits per heavy atom. The second kappa shape index (κ2) is 10.3. The molecule has 6 nitrogen and oxygen atoms in total. The summed E-state index contributed by atoms with van der Waals surface area (Å²) in [4.78, 5) is 15.1. The quantitative estimate of drug-likeness (QED) is 0.647. The van der Waals surface area contributed by atoms with E-state index in [1.807, 2.05) is 12.1 Å². The largest absolute Gasteiger partial charge is 0.349 e. The van der Waals surface area contributed by atoms with Gasteiger partial charge in [-0.2, -0.15) is 0 Å². The molecule has 0 bridgehead atoms. The van der Waals surface area contributed by atoms with Crippen molar-refractivity contribution in [3.8, 4) is 0 Å². The van der Waals surface area contributed by atoms with Crippen LogP contribution in [0.1, 0.15) is 54.1 Å². The van der Waals surface area contributed by atoms with Crippen LogP contribution >= 0.6 is 0 Å². The molecule has 2 aromatic rings. The fraction of sp³-hybridized carbons (Fsp3) is 0.458. The highest BCUT2D eigenvalue weighted by Crippen LogP contribution is 2.22. The molecule has 0 saturated carbocycles. The Morgan fingerprint density at radius 2 is 1.77 bits per heavy atom. The predicted molar refractivity (Wildman–Crippen MR) is 125 cm³/mol. The number of aryl methyl sites for hydroxylation is 2. The van der Waals surface area contributed by atoms with E-state index in [2.05, 4.69) is 28.9 Å². The van der Waals surface area contributed by atoms with E-state index in [1.54, 1.807) is 31.2 Å². The molecule has 31 heavy (non-hydrogen) atoms. The number of rotatable bonds is 8. The number of amides is 1. The standard InChI is InChI=1S/C24H33N3O3S/c1-4-5-6-19-8-11-22(12-9-19)26-31(29,30)23-17-20(10-7-18(23)2)24(28)25-21-13-15-27(3)16-14-21/h7-12,17,21,26H,4-6,13-16H2,1-3H3,(H,25,28). The summed E-state index contributed by atoms with van der Waals surface area (Å²) in [7, 11) is -1.74. The maximum absolute atomic E-state index is 13.0. The van der Waals surface area contributed by atoms with Gasteiger partial charge in [0.25, 0.3) is 15.9 Å². The van der Waals surface area contributed by atoms with Crippen molar-refractivity contribution in [3.63, 3.8) is 0 Å². The Bertz CT molecular complexity index is 995. The van der Waals surface area contributed by atoms with E-state index in [0.717, 1.165) is 45.2 Å². The van der Waals surface area contributed by atoms with E-state index in [1.165, 1.54) is 11.6 Å². The molecule has 0 aliphatic carbocycles. The van der Waals surface area contributed by atoms with Crippen molar-refractivity contribution in [1.82, 2.24) is 10.2 Å². The lowest BCUT2D eigenvalue weighted by Gasteiger charge is -2.29. The molecule has 3 rings (SSSR count). The summed E-state index contributed by atoms with van der Waals surface area (Å²) in [5, 5.41) is 3.05. The first kappa shape index (κ1) is 23.3. The molecule has 0 unspecified atom stereocenters. The van der Waals surface area contributed by atoms with Crippen LogP contribution < -0.4 is 10.0 Å². The van der Waals surface area contributed by atoms with Crippen molar-refractivity contribution >= 4 is 21.6 Å². The maximum Gasteiger partial charge on any atom is 0.262 e. The van der Waals surface area contributed by atoms with Crippen molar-refractivity contribution < 1.29 is 13.2 Å². The van der Waals surface area contributed by atoms with Crippen molar-refractivity contribution in [1.29, 1.82) is 0 Å². The summed E-state index contributed by atoms with van der Waals surface area (Å²) >= 11 is 0. The van der Waals surface area contributed by atoms with Gasteiger partial charge in [-0.25, -0.2) is 8.42 Å². The van der Waals surface area contributed by atoms with Crippen LogP contribution in [0.5, 0.6) is 0 Å². The molecule has 1 aliphatic heterocycles. The number of benzene rings is 2. The Kier molecular flexibility index (Phi) is 7.73. The van der Waals surface area contributed by atoms with Crippen LogP contribution in [0, 0.1) is 6.92 Å². The molecule has 1 aliphatic rings.